The van der Waals surface area contributed by atoms with E-state index in [4.69, 9.17) is 9.47 Å². The van der Waals surface area contributed by atoms with E-state index in [-0.39, 0.29) is 5.54 Å². The van der Waals surface area contributed by atoms with Crippen molar-refractivity contribution in [3.63, 3.8) is 0 Å². The second kappa shape index (κ2) is 5.06. The molecule has 1 fully saturated rings. The maximum absolute atomic E-state index is 10.6. The molecular formula is C15H19NO3. The number of methoxy groups -OCH3 is 2. The molecule has 0 bridgehead atoms. The van der Waals surface area contributed by atoms with Crippen LogP contribution >= 0.6 is 0 Å². The third-order valence-electron chi connectivity index (χ3n) is 3.66. The van der Waals surface area contributed by atoms with E-state index >= 15 is 0 Å². The van der Waals surface area contributed by atoms with Gasteiger partial charge >= 0.3 is 0 Å². The van der Waals surface area contributed by atoms with Gasteiger partial charge in [-0.15, -0.1) is 0 Å². The molecule has 1 aromatic rings. The van der Waals surface area contributed by atoms with Crippen molar-refractivity contribution in [2.24, 2.45) is 4.99 Å². The van der Waals surface area contributed by atoms with Gasteiger partial charge in [0.2, 0.25) is 6.08 Å². The van der Waals surface area contributed by atoms with Gasteiger partial charge in [0, 0.05) is 0 Å². The topological polar surface area (TPSA) is 47.9 Å². The average Bonchev–Trinajstić information content (AvgIpc) is 3.18. The van der Waals surface area contributed by atoms with Gasteiger partial charge in [-0.2, -0.15) is 4.99 Å². The van der Waals surface area contributed by atoms with Crippen molar-refractivity contribution in [3.8, 4) is 11.5 Å². The number of ether oxygens (including phenoxy) is 2. The number of aliphatic imine (C=N–C) groups is 1. The maximum atomic E-state index is 10.6. The predicted octanol–water partition coefficient (Wildman–Crippen LogP) is 3.15. The minimum absolute atomic E-state index is 0.328. The molecule has 0 aliphatic heterocycles. The van der Waals surface area contributed by atoms with Crippen molar-refractivity contribution in [1.29, 1.82) is 0 Å². The van der Waals surface area contributed by atoms with Gasteiger partial charge in [-0.05, 0) is 42.0 Å². The lowest BCUT2D eigenvalue weighted by atomic mass is 9.91. The van der Waals surface area contributed by atoms with Gasteiger partial charge in [0.15, 0.2) is 11.5 Å². The molecule has 4 nitrogen and oxygen atoms in total. The van der Waals surface area contributed by atoms with Gasteiger partial charge in [-0.3, -0.25) is 0 Å². The molecule has 0 spiro atoms. The van der Waals surface area contributed by atoms with E-state index in [0.29, 0.717) is 17.4 Å². The molecule has 0 atom stereocenters. The molecule has 1 aliphatic carbocycles. The van der Waals surface area contributed by atoms with Gasteiger partial charge in [-0.25, -0.2) is 4.79 Å². The molecule has 1 saturated carbocycles. The molecule has 0 radical (unpaired) electrons. The largest absolute Gasteiger partial charge is 0.493 e. The van der Waals surface area contributed by atoms with E-state index in [9.17, 15) is 4.79 Å². The molecule has 19 heavy (non-hydrogen) atoms. The zero-order valence-electron chi connectivity index (χ0n) is 11.8. The number of isocyanates is 1. The van der Waals surface area contributed by atoms with Crippen LogP contribution in [0.5, 0.6) is 11.5 Å². The van der Waals surface area contributed by atoms with Crippen molar-refractivity contribution < 1.29 is 14.3 Å². The number of hydrogen-bond acceptors (Lipinski definition) is 4. The van der Waals surface area contributed by atoms with Crippen molar-refractivity contribution in [2.75, 3.05) is 14.2 Å². The lowest BCUT2D eigenvalue weighted by molar-refractivity contribution is 0.353. The zero-order valence-corrected chi connectivity index (χ0v) is 11.8. The molecule has 0 aromatic heterocycles. The van der Waals surface area contributed by atoms with E-state index in [2.05, 4.69) is 18.8 Å². The fourth-order valence-electron chi connectivity index (χ4n) is 2.42. The minimum Gasteiger partial charge on any atom is -0.493 e. The second-order valence-corrected chi connectivity index (χ2v) is 5.18. The highest BCUT2D eigenvalue weighted by molar-refractivity contribution is 5.53. The summed E-state index contributed by atoms with van der Waals surface area (Å²) in [6.07, 6.45) is 3.48. The van der Waals surface area contributed by atoms with Crippen molar-refractivity contribution >= 4 is 6.08 Å². The Morgan fingerprint density at radius 3 is 2.21 bits per heavy atom. The summed E-state index contributed by atoms with van der Waals surface area (Å²) in [5, 5.41) is 0. The van der Waals surface area contributed by atoms with E-state index in [1.807, 2.05) is 12.1 Å². The van der Waals surface area contributed by atoms with Crippen LogP contribution in [0.15, 0.2) is 17.1 Å². The Bertz CT molecular complexity index is 526. The molecule has 0 heterocycles. The number of benzene rings is 1. The SMILES string of the molecule is COc1cc(C(C)C)c(C2(N=C=O)CC2)cc1OC. The monoisotopic (exact) mass is 261 g/mol. The Kier molecular flexibility index (Phi) is 3.63. The van der Waals surface area contributed by atoms with Crippen LogP contribution in [0, 0.1) is 0 Å². The van der Waals surface area contributed by atoms with Gasteiger partial charge in [0.1, 0.15) is 0 Å². The van der Waals surface area contributed by atoms with Crippen LogP contribution < -0.4 is 9.47 Å². The summed E-state index contributed by atoms with van der Waals surface area (Å²) in [6.45, 7) is 4.23. The first-order chi connectivity index (χ1) is 9.07. The molecule has 1 aliphatic rings. The highest BCUT2D eigenvalue weighted by atomic mass is 16.5. The van der Waals surface area contributed by atoms with Crippen LogP contribution in [-0.2, 0) is 10.3 Å². The fourth-order valence-corrected chi connectivity index (χ4v) is 2.42. The average molecular weight is 261 g/mol. The fraction of sp³-hybridized carbons (Fsp3) is 0.533. The Balaban J connectivity index is 2.61. The summed E-state index contributed by atoms with van der Waals surface area (Å²) in [6, 6.07) is 3.93. The Morgan fingerprint density at radius 2 is 1.79 bits per heavy atom. The van der Waals surface area contributed by atoms with Crippen LogP contribution in [0.4, 0.5) is 0 Å². The summed E-state index contributed by atoms with van der Waals surface area (Å²) < 4.78 is 10.7. The molecule has 0 saturated heterocycles. The van der Waals surface area contributed by atoms with Gasteiger partial charge in [0.25, 0.3) is 0 Å². The van der Waals surface area contributed by atoms with Crippen LogP contribution in [0.3, 0.4) is 0 Å². The summed E-state index contributed by atoms with van der Waals surface area (Å²) in [5.41, 5.74) is 1.82. The summed E-state index contributed by atoms with van der Waals surface area (Å²) in [5.74, 6) is 1.71. The molecule has 102 valence electrons. The summed E-state index contributed by atoms with van der Waals surface area (Å²) in [4.78, 5) is 14.7. The summed E-state index contributed by atoms with van der Waals surface area (Å²) in [7, 11) is 3.23. The van der Waals surface area contributed by atoms with Crippen molar-refractivity contribution in [2.45, 2.75) is 38.1 Å². The molecule has 0 amide bonds. The van der Waals surface area contributed by atoms with Crippen molar-refractivity contribution in [1.82, 2.24) is 0 Å². The zero-order chi connectivity index (χ0) is 14.0. The molecule has 0 N–H and O–H groups in total. The van der Waals surface area contributed by atoms with Gasteiger partial charge in [0.05, 0.1) is 19.8 Å². The lowest BCUT2D eigenvalue weighted by Crippen LogP contribution is -2.09. The van der Waals surface area contributed by atoms with Crippen LogP contribution in [0.1, 0.15) is 43.7 Å². The van der Waals surface area contributed by atoms with Crippen LogP contribution in [-0.4, -0.2) is 20.3 Å². The minimum atomic E-state index is -0.388. The Morgan fingerprint density at radius 1 is 1.21 bits per heavy atom. The number of carbonyl (C=O) groups excluding carboxylic acids is 1. The normalized spacial score (nSPS) is 15.8. The number of nitrogens with zero attached hydrogens (tertiary/aromatic N) is 1. The van der Waals surface area contributed by atoms with E-state index < -0.39 is 0 Å². The summed E-state index contributed by atoms with van der Waals surface area (Å²) >= 11 is 0. The number of rotatable bonds is 5. The highest BCUT2D eigenvalue weighted by Crippen LogP contribution is 2.53. The Labute approximate surface area is 113 Å². The number of hydrogen-bond donors (Lipinski definition) is 0. The van der Waals surface area contributed by atoms with Gasteiger partial charge in [-0.1, -0.05) is 13.8 Å². The molecule has 2 rings (SSSR count). The lowest BCUT2D eigenvalue weighted by Gasteiger charge is -2.20. The molecular weight excluding hydrogens is 242 g/mol. The first-order valence-corrected chi connectivity index (χ1v) is 6.43. The van der Waals surface area contributed by atoms with Gasteiger partial charge < -0.3 is 9.47 Å². The first-order valence-electron chi connectivity index (χ1n) is 6.43. The standard InChI is InChI=1S/C15H19NO3/c1-10(2)11-7-13(18-3)14(19-4)8-12(11)15(5-6-15)16-9-17/h7-8,10H,5-6H2,1-4H3. The third-order valence-corrected chi connectivity index (χ3v) is 3.66. The molecule has 0 unspecified atom stereocenters. The molecule has 4 heteroatoms. The van der Waals surface area contributed by atoms with Crippen LogP contribution in [0.25, 0.3) is 0 Å². The van der Waals surface area contributed by atoms with E-state index in [1.54, 1.807) is 20.3 Å². The molecule has 1 aromatic carbocycles. The quantitative estimate of drug-likeness (QED) is 0.604. The van der Waals surface area contributed by atoms with E-state index in [1.165, 1.54) is 0 Å². The predicted molar refractivity (Wildman–Crippen MR) is 72.7 cm³/mol. The highest BCUT2D eigenvalue weighted by Gasteiger charge is 2.47. The third kappa shape index (κ3) is 2.36. The van der Waals surface area contributed by atoms with Crippen LogP contribution in [0.2, 0.25) is 0 Å². The van der Waals surface area contributed by atoms with Crippen molar-refractivity contribution in [3.05, 3.63) is 23.3 Å². The smallest absolute Gasteiger partial charge is 0.235 e. The first kappa shape index (κ1) is 13.6. The maximum Gasteiger partial charge on any atom is 0.235 e. The Hall–Kier alpha value is -1.80. The van der Waals surface area contributed by atoms with E-state index in [0.717, 1.165) is 24.0 Å². The second-order valence-electron chi connectivity index (χ2n) is 5.18.